The zero-order valence-corrected chi connectivity index (χ0v) is 7.02. The third-order valence-corrected chi connectivity index (χ3v) is 1.13. The maximum atomic E-state index is 2.27. The van der Waals surface area contributed by atoms with Crippen molar-refractivity contribution >= 4 is 0 Å². The Labute approximate surface area is 66.3 Å². The van der Waals surface area contributed by atoms with Crippen LogP contribution in [0.15, 0.2) is 12.2 Å². The van der Waals surface area contributed by atoms with Crippen molar-refractivity contribution in [1.82, 2.24) is 0 Å². The lowest BCUT2D eigenvalue weighted by Gasteiger charge is -1.97. The van der Waals surface area contributed by atoms with Crippen LogP contribution < -0.4 is 0 Å². The van der Waals surface area contributed by atoms with E-state index in [0.717, 1.165) is 5.92 Å². The normalized spacial score (nSPS) is 11.0. The van der Waals surface area contributed by atoms with Crippen molar-refractivity contribution in [2.24, 2.45) is 11.8 Å². The van der Waals surface area contributed by atoms with Gasteiger partial charge in [-0.05, 0) is 18.3 Å². The molecule has 0 fully saturated rings. The molecule has 0 aliphatic rings. The first kappa shape index (κ1) is 12.4. The first-order chi connectivity index (χ1) is 4.13. The second kappa shape index (κ2) is 6.85. The van der Waals surface area contributed by atoms with E-state index in [-0.39, 0.29) is 7.43 Å². The molecule has 0 unspecified atom stereocenters. The highest BCUT2D eigenvalue weighted by Crippen LogP contribution is 2.02. The molecule has 0 heteroatoms. The number of hydrogen-bond acceptors (Lipinski definition) is 0. The van der Waals surface area contributed by atoms with Gasteiger partial charge in [-0.2, -0.15) is 0 Å². The van der Waals surface area contributed by atoms with Gasteiger partial charge >= 0.3 is 0 Å². The van der Waals surface area contributed by atoms with Crippen LogP contribution in [0.25, 0.3) is 0 Å². The Bertz CT molecular complexity index is 78.0. The van der Waals surface area contributed by atoms with Crippen molar-refractivity contribution in [3.63, 3.8) is 0 Å². The summed E-state index contributed by atoms with van der Waals surface area (Å²) in [5.41, 5.74) is 0. The van der Waals surface area contributed by atoms with Gasteiger partial charge in [0.05, 0.1) is 0 Å². The van der Waals surface area contributed by atoms with Crippen molar-refractivity contribution in [3.8, 4) is 0 Å². The predicted octanol–water partition coefficient (Wildman–Crippen LogP) is 3.88. The van der Waals surface area contributed by atoms with Gasteiger partial charge in [0.1, 0.15) is 0 Å². The van der Waals surface area contributed by atoms with Crippen LogP contribution in [0, 0.1) is 11.8 Å². The van der Waals surface area contributed by atoms with Gasteiger partial charge in [0.2, 0.25) is 0 Å². The molecule has 0 amide bonds. The van der Waals surface area contributed by atoms with Crippen molar-refractivity contribution in [3.05, 3.63) is 12.2 Å². The Morgan fingerprint density at radius 1 is 1.10 bits per heavy atom. The zero-order chi connectivity index (χ0) is 7.28. The van der Waals surface area contributed by atoms with Crippen LogP contribution in [0.1, 0.15) is 41.5 Å². The van der Waals surface area contributed by atoms with E-state index in [1.807, 2.05) is 0 Å². The molecule has 0 N–H and O–H groups in total. The van der Waals surface area contributed by atoms with Crippen LogP contribution in [0.5, 0.6) is 0 Å². The largest absolute Gasteiger partial charge is 0.0880 e. The van der Waals surface area contributed by atoms with Crippen molar-refractivity contribution in [1.29, 1.82) is 0 Å². The molecule has 0 aromatic heterocycles. The molecule has 0 aromatic rings. The van der Waals surface area contributed by atoms with E-state index in [1.54, 1.807) is 0 Å². The molecular formula is C10H22. The van der Waals surface area contributed by atoms with Gasteiger partial charge in [0.25, 0.3) is 0 Å². The van der Waals surface area contributed by atoms with E-state index in [0.29, 0.717) is 5.92 Å². The Morgan fingerprint density at radius 2 is 1.60 bits per heavy atom. The van der Waals surface area contributed by atoms with Crippen LogP contribution in [-0.4, -0.2) is 0 Å². The molecule has 0 spiro atoms. The minimum atomic E-state index is 0. The van der Waals surface area contributed by atoms with Crippen LogP contribution in [0.2, 0.25) is 0 Å². The fourth-order valence-corrected chi connectivity index (χ4v) is 0.623. The van der Waals surface area contributed by atoms with Crippen molar-refractivity contribution in [2.75, 3.05) is 0 Å². The highest BCUT2D eigenvalue weighted by molar-refractivity contribution is 4.84. The lowest BCUT2D eigenvalue weighted by Crippen LogP contribution is -1.83. The van der Waals surface area contributed by atoms with Crippen LogP contribution in [0.4, 0.5) is 0 Å². The number of rotatable bonds is 3. The maximum absolute atomic E-state index is 2.27. The molecule has 0 nitrogen and oxygen atoms in total. The van der Waals surface area contributed by atoms with E-state index < -0.39 is 0 Å². The van der Waals surface area contributed by atoms with Gasteiger partial charge < -0.3 is 0 Å². The highest BCUT2D eigenvalue weighted by Gasteiger charge is 1.87. The molecule has 0 aliphatic heterocycles. The van der Waals surface area contributed by atoms with Gasteiger partial charge in [0.15, 0.2) is 0 Å². The average molecular weight is 142 g/mol. The molecule has 0 heterocycles. The minimum absolute atomic E-state index is 0. The SMILES string of the molecule is C.CC(C)C=CCC(C)C. The topological polar surface area (TPSA) is 0 Å². The fourth-order valence-electron chi connectivity index (χ4n) is 0.623. The summed E-state index contributed by atoms with van der Waals surface area (Å²) in [6.45, 7) is 8.89. The third kappa shape index (κ3) is 10.7. The smallest absolute Gasteiger partial charge is 0.0290 e. The number of hydrogen-bond donors (Lipinski definition) is 0. The monoisotopic (exact) mass is 142 g/mol. The zero-order valence-electron chi connectivity index (χ0n) is 7.02. The summed E-state index contributed by atoms with van der Waals surface area (Å²) >= 11 is 0. The summed E-state index contributed by atoms with van der Waals surface area (Å²) in [4.78, 5) is 0. The number of allylic oxidation sites excluding steroid dienone is 2. The predicted molar refractivity (Wildman–Crippen MR) is 50.2 cm³/mol. The van der Waals surface area contributed by atoms with E-state index in [4.69, 9.17) is 0 Å². The molecule has 0 saturated heterocycles. The van der Waals surface area contributed by atoms with Crippen molar-refractivity contribution < 1.29 is 0 Å². The standard InChI is InChI=1S/C9H18.CH4/c1-8(2)6-5-7-9(3)4;/h5-6,8-9H,7H2,1-4H3;1H4. The third-order valence-electron chi connectivity index (χ3n) is 1.13. The molecule has 62 valence electrons. The molecule has 0 saturated carbocycles. The lowest BCUT2D eigenvalue weighted by molar-refractivity contribution is 0.659. The Morgan fingerprint density at radius 3 is 1.90 bits per heavy atom. The van der Waals surface area contributed by atoms with Gasteiger partial charge in [-0.1, -0.05) is 47.3 Å². The van der Waals surface area contributed by atoms with Gasteiger partial charge in [0, 0.05) is 0 Å². The quantitative estimate of drug-likeness (QED) is 0.524. The Hall–Kier alpha value is -0.260. The lowest BCUT2D eigenvalue weighted by atomic mass is 10.1. The summed E-state index contributed by atoms with van der Waals surface area (Å²) in [5.74, 6) is 1.52. The Kier molecular flexibility index (Phi) is 8.51. The fraction of sp³-hybridized carbons (Fsp3) is 0.800. The summed E-state index contributed by atoms with van der Waals surface area (Å²) in [7, 11) is 0. The molecule has 0 rings (SSSR count). The first-order valence-electron chi connectivity index (χ1n) is 3.79. The van der Waals surface area contributed by atoms with Crippen LogP contribution in [0.3, 0.4) is 0 Å². The second-order valence-electron chi connectivity index (χ2n) is 3.30. The van der Waals surface area contributed by atoms with Gasteiger partial charge in [-0.15, -0.1) is 0 Å². The molecule has 0 atom stereocenters. The Balaban J connectivity index is 0. The molecule has 0 radical (unpaired) electrons. The molecule has 10 heavy (non-hydrogen) atoms. The summed E-state index contributed by atoms with van der Waals surface area (Å²) < 4.78 is 0. The van der Waals surface area contributed by atoms with E-state index in [9.17, 15) is 0 Å². The van der Waals surface area contributed by atoms with Gasteiger partial charge in [-0.3, -0.25) is 0 Å². The second-order valence-corrected chi connectivity index (χ2v) is 3.30. The minimum Gasteiger partial charge on any atom is -0.0880 e. The van der Waals surface area contributed by atoms with Crippen molar-refractivity contribution in [2.45, 2.75) is 41.5 Å². The van der Waals surface area contributed by atoms with E-state index in [1.165, 1.54) is 6.42 Å². The molecular weight excluding hydrogens is 120 g/mol. The van der Waals surface area contributed by atoms with E-state index >= 15 is 0 Å². The maximum Gasteiger partial charge on any atom is -0.0290 e. The van der Waals surface area contributed by atoms with E-state index in [2.05, 4.69) is 39.8 Å². The van der Waals surface area contributed by atoms with Gasteiger partial charge in [-0.25, -0.2) is 0 Å². The van der Waals surface area contributed by atoms with Crippen LogP contribution in [-0.2, 0) is 0 Å². The summed E-state index contributed by atoms with van der Waals surface area (Å²) in [6, 6.07) is 0. The molecule has 0 aromatic carbocycles. The highest BCUT2D eigenvalue weighted by atomic mass is 13.9. The summed E-state index contributed by atoms with van der Waals surface area (Å²) in [5, 5.41) is 0. The first-order valence-corrected chi connectivity index (χ1v) is 3.79. The summed E-state index contributed by atoms with van der Waals surface area (Å²) in [6.07, 6.45) is 5.76. The molecule has 0 aliphatic carbocycles. The van der Waals surface area contributed by atoms with Crippen LogP contribution >= 0.6 is 0 Å². The average Bonchev–Trinajstić information content (AvgIpc) is 1.63. The molecule has 0 bridgehead atoms.